The van der Waals surface area contributed by atoms with E-state index < -0.39 is 0 Å². The molecule has 0 bridgehead atoms. The lowest BCUT2D eigenvalue weighted by Crippen LogP contribution is -2.37. The lowest BCUT2D eigenvalue weighted by atomic mass is 10.3. The number of thiophene rings is 1. The summed E-state index contributed by atoms with van der Waals surface area (Å²) in [5.41, 5.74) is 0. The monoisotopic (exact) mass is 385 g/mol. The molecule has 0 aromatic carbocycles. The van der Waals surface area contributed by atoms with E-state index in [9.17, 15) is 9.90 Å². The summed E-state index contributed by atoms with van der Waals surface area (Å²) < 4.78 is 1.31. The molecule has 7 heteroatoms. The maximum Gasteiger partial charge on any atom is 0.267 e. The van der Waals surface area contributed by atoms with Crippen molar-refractivity contribution in [3.05, 3.63) is 13.1 Å². The third kappa shape index (κ3) is 2.42. The first-order valence-corrected chi connectivity index (χ1v) is 8.20. The fourth-order valence-electron chi connectivity index (χ4n) is 1.43. The van der Waals surface area contributed by atoms with Gasteiger partial charge in [-0.1, -0.05) is 0 Å². The van der Waals surface area contributed by atoms with Crippen molar-refractivity contribution in [3.8, 4) is 5.75 Å². The summed E-state index contributed by atoms with van der Waals surface area (Å²) in [4.78, 5) is 14.3. The Kier molecular flexibility index (Phi) is 4.21. The summed E-state index contributed by atoms with van der Waals surface area (Å²) in [6.07, 6.45) is 0. The van der Waals surface area contributed by atoms with E-state index in [4.69, 9.17) is 0 Å². The van der Waals surface area contributed by atoms with E-state index >= 15 is 0 Å². The van der Waals surface area contributed by atoms with Gasteiger partial charge in [-0.3, -0.25) is 4.79 Å². The lowest BCUT2D eigenvalue weighted by molar-refractivity contribution is 0.0774. The molecule has 2 heterocycles. The molecule has 3 nitrogen and oxygen atoms in total. The Morgan fingerprint density at radius 3 is 2.44 bits per heavy atom. The highest BCUT2D eigenvalue weighted by Gasteiger charge is 2.25. The molecule has 0 saturated carbocycles. The zero-order chi connectivity index (χ0) is 11.7. The molecule has 1 amide bonds. The van der Waals surface area contributed by atoms with Gasteiger partial charge in [-0.2, -0.15) is 11.8 Å². The van der Waals surface area contributed by atoms with Crippen molar-refractivity contribution >= 4 is 60.9 Å². The van der Waals surface area contributed by atoms with Crippen molar-refractivity contribution in [1.82, 2.24) is 4.90 Å². The number of rotatable bonds is 1. The van der Waals surface area contributed by atoms with Gasteiger partial charge in [0.1, 0.15) is 4.88 Å². The number of carbonyl (C=O) groups is 1. The van der Waals surface area contributed by atoms with E-state index in [2.05, 4.69) is 31.9 Å². The van der Waals surface area contributed by atoms with Gasteiger partial charge in [0.15, 0.2) is 5.75 Å². The van der Waals surface area contributed by atoms with E-state index in [1.165, 1.54) is 11.3 Å². The molecule has 1 saturated heterocycles. The van der Waals surface area contributed by atoms with E-state index in [0.29, 0.717) is 9.35 Å². The van der Waals surface area contributed by atoms with Gasteiger partial charge in [0.25, 0.3) is 5.91 Å². The minimum Gasteiger partial charge on any atom is -0.505 e. The van der Waals surface area contributed by atoms with Crippen molar-refractivity contribution in [1.29, 1.82) is 0 Å². The second-order valence-corrected chi connectivity index (χ2v) is 7.63. The molecule has 1 aliphatic heterocycles. The van der Waals surface area contributed by atoms with E-state index in [0.717, 1.165) is 28.4 Å². The maximum atomic E-state index is 12.1. The molecule has 0 unspecified atom stereocenters. The number of hydrogen-bond acceptors (Lipinski definition) is 4. The molecule has 1 fully saturated rings. The molecule has 0 spiro atoms. The number of hydrogen-bond donors (Lipinski definition) is 1. The average Bonchev–Trinajstić information content (AvgIpc) is 2.57. The van der Waals surface area contributed by atoms with Crippen LogP contribution in [-0.2, 0) is 0 Å². The van der Waals surface area contributed by atoms with Crippen LogP contribution < -0.4 is 0 Å². The molecule has 0 atom stereocenters. The van der Waals surface area contributed by atoms with E-state index in [-0.39, 0.29) is 11.7 Å². The van der Waals surface area contributed by atoms with Gasteiger partial charge in [-0.05, 0) is 31.9 Å². The molecule has 1 N–H and O–H groups in total. The summed E-state index contributed by atoms with van der Waals surface area (Å²) in [7, 11) is 0. The molecular weight excluding hydrogens is 378 g/mol. The fourth-order valence-corrected chi connectivity index (χ4v) is 4.36. The average molecular weight is 387 g/mol. The van der Waals surface area contributed by atoms with Gasteiger partial charge in [0.2, 0.25) is 0 Å². The zero-order valence-corrected chi connectivity index (χ0v) is 13.0. The number of carbonyl (C=O) groups excluding carboxylic acids is 1. The summed E-state index contributed by atoms with van der Waals surface area (Å²) in [5, 5.41) is 9.80. The van der Waals surface area contributed by atoms with Crippen LogP contribution in [0.3, 0.4) is 0 Å². The SMILES string of the molecule is O=C(c1sc(Br)c(Br)c1O)N1CCSCC1. The lowest BCUT2D eigenvalue weighted by Gasteiger charge is -2.25. The van der Waals surface area contributed by atoms with Crippen LogP contribution in [0.1, 0.15) is 9.67 Å². The largest absolute Gasteiger partial charge is 0.505 e. The van der Waals surface area contributed by atoms with Crippen LogP contribution in [0.4, 0.5) is 0 Å². The standard InChI is InChI=1S/C9H9Br2NO2S2/c10-5-6(13)7(16-8(5)11)9(14)12-1-3-15-4-2-12/h13H,1-4H2. The molecule has 16 heavy (non-hydrogen) atoms. The number of nitrogens with zero attached hydrogens (tertiary/aromatic N) is 1. The molecule has 0 aliphatic carbocycles. The number of amides is 1. The first kappa shape index (κ1) is 12.7. The quantitative estimate of drug-likeness (QED) is 0.805. The molecular formula is C9H9Br2NO2S2. The van der Waals surface area contributed by atoms with Crippen molar-refractivity contribution in [2.45, 2.75) is 0 Å². The van der Waals surface area contributed by atoms with Crippen LogP contribution in [0.25, 0.3) is 0 Å². The third-order valence-corrected chi connectivity index (χ3v) is 6.63. The van der Waals surface area contributed by atoms with Gasteiger partial charge in [-0.25, -0.2) is 0 Å². The van der Waals surface area contributed by atoms with Gasteiger partial charge >= 0.3 is 0 Å². The number of aromatic hydroxyl groups is 1. The predicted octanol–water partition coefficient (Wildman–Crippen LogP) is 3.17. The van der Waals surface area contributed by atoms with Crippen LogP contribution >= 0.6 is 55.0 Å². The minimum absolute atomic E-state index is 0.0418. The zero-order valence-electron chi connectivity index (χ0n) is 8.20. The maximum absolute atomic E-state index is 12.1. The van der Waals surface area contributed by atoms with Crippen molar-refractivity contribution in [2.24, 2.45) is 0 Å². The fraction of sp³-hybridized carbons (Fsp3) is 0.444. The Morgan fingerprint density at radius 2 is 1.94 bits per heavy atom. The van der Waals surface area contributed by atoms with Crippen LogP contribution in [0, 0.1) is 0 Å². The third-order valence-electron chi connectivity index (χ3n) is 2.28. The molecule has 0 radical (unpaired) electrons. The van der Waals surface area contributed by atoms with Crippen molar-refractivity contribution < 1.29 is 9.90 Å². The van der Waals surface area contributed by atoms with Crippen LogP contribution in [0.2, 0.25) is 0 Å². The number of halogens is 2. The second kappa shape index (κ2) is 5.29. The minimum atomic E-state index is -0.0748. The number of thioether (sulfide) groups is 1. The second-order valence-electron chi connectivity index (χ2n) is 3.27. The molecule has 1 aliphatic rings. The van der Waals surface area contributed by atoms with Gasteiger partial charge in [0, 0.05) is 24.6 Å². The van der Waals surface area contributed by atoms with Gasteiger partial charge in [-0.15, -0.1) is 11.3 Å². The van der Waals surface area contributed by atoms with E-state index in [1.54, 1.807) is 4.90 Å². The summed E-state index contributed by atoms with van der Waals surface area (Å²) >= 11 is 9.64. The Balaban J connectivity index is 2.22. The Labute approximate surface area is 118 Å². The van der Waals surface area contributed by atoms with Crippen LogP contribution in [-0.4, -0.2) is 40.5 Å². The Hall–Kier alpha value is 0.280. The molecule has 1 aromatic heterocycles. The normalized spacial score (nSPS) is 16.5. The summed E-state index contributed by atoms with van der Waals surface area (Å²) in [5.74, 6) is 1.91. The Morgan fingerprint density at radius 1 is 1.31 bits per heavy atom. The summed E-state index contributed by atoms with van der Waals surface area (Å²) in [6.45, 7) is 1.52. The van der Waals surface area contributed by atoms with Crippen molar-refractivity contribution in [3.63, 3.8) is 0 Å². The highest BCUT2D eigenvalue weighted by Crippen LogP contribution is 2.42. The van der Waals surface area contributed by atoms with Gasteiger partial charge < -0.3 is 10.0 Å². The predicted molar refractivity (Wildman–Crippen MR) is 74.6 cm³/mol. The molecule has 2 rings (SSSR count). The Bertz CT molecular complexity index is 416. The van der Waals surface area contributed by atoms with Crippen LogP contribution in [0.15, 0.2) is 8.26 Å². The highest BCUT2D eigenvalue weighted by molar-refractivity contribution is 9.13. The smallest absolute Gasteiger partial charge is 0.267 e. The van der Waals surface area contributed by atoms with Gasteiger partial charge in [0.05, 0.1) is 8.26 Å². The summed E-state index contributed by atoms with van der Waals surface area (Å²) in [6, 6.07) is 0. The van der Waals surface area contributed by atoms with E-state index in [1.807, 2.05) is 11.8 Å². The topological polar surface area (TPSA) is 40.5 Å². The molecule has 88 valence electrons. The van der Waals surface area contributed by atoms with Crippen molar-refractivity contribution in [2.75, 3.05) is 24.6 Å². The first-order valence-electron chi connectivity index (χ1n) is 4.65. The molecule has 1 aromatic rings. The first-order chi connectivity index (χ1) is 7.61. The van der Waals surface area contributed by atoms with Crippen LogP contribution in [0.5, 0.6) is 5.75 Å². The highest BCUT2D eigenvalue weighted by atomic mass is 79.9.